The predicted octanol–water partition coefficient (Wildman–Crippen LogP) is 7.44. The van der Waals surface area contributed by atoms with Gasteiger partial charge in [-0.2, -0.15) is 0 Å². The van der Waals surface area contributed by atoms with Gasteiger partial charge in [-0.3, -0.25) is 9.80 Å². The van der Waals surface area contributed by atoms with E-state index < -0.39 is 0 Å². The van der Waals surface area contributed by atoms with E-state index in [1.807, 2.05) is 0 Å². The van der Waals surface area contributed by atoms with E-state index in [4.69, 9.17) is 18.9 Å². The van der Waals surface area contributed by atoms with Gasteiger partial charge >= 0.3 is 6.09 Å². The predicted molar refractivity (Wildman–Crippen MR) is 211 cm³/mol. The monoisotopic (exact) mass is 756 g/mol. The summed E-state index contributed by atoms with van der Waals surface area (Å²) in [5.74, 6) is 2.13. The normalized spacial score (nSPS) is 45.0. The van der Waals surface area contributed by atoms with E-state index in [1.165, 1.54) is 51.6 Å². The topological polar surface area (TPSA) is 83.9 Å². The van der Waals surface area contributed by atoms with E-state index >= 15 is 0 Å². The van der Waals surface area contributed by atoms with Crippen molar-refractivity contribution in [2.75, 3.05) is 53.0 Å². The number of nitrogens with zero attached hydrogens (tertiary/aromatic N) is 3. The largest absolute Gasteiger partial charge is 0.443 e. The molecule has 3 unspecified atom stereocenters. The van der Waals surface area contributed by atoms with Crippen molar-refractivity contribution < 1.29 is 28.8 Å². The molecular weight excluding hydrogens is 679 g/mol. The van der Waals surface area contributed by atoms with Crippen LogP contribution >= 0.6 is 0 Å². The maximum atomic E-state index is 12.9. The Morgan fingerprint density at radius 2 is 1.61 bits per heavy atom. The Bertz CT molecular complexity index is 1380. The van der Waals surface area contributed by atoms with Crippen LogP contribution in [0.3, 0.4) is 0 Å². The quantitative estimate of drug-likeness (QED) is 0.233. The number of ether oxygens (including phenoxy) is 4. The zero-order chi connectivity index (χ0) is 38.6. The van der Waals surface area contributed by atoms with Gasteiger partial charge in [0.1, 0.15) is 6.10 Å². The number of amides is 1. The average molecular weight is 756 g/mol. The summed E-state index contributed by atoms with van der Waals surface area (Å²) in [6, 6.07) is 1.26. The first-order valence-corrected chi connectivity index (χ1v) is 22.4. The van der Waals surface area contributed by atoms with Crippen molar-refractivity contribution in [1.29, 1.82) is 0 Å². The van der Waals surface area contributed by atoms with Crippen molar-refractivity contribution in [3.8, 4) is 0 Å². The van der Waals surface area contributed by atoms with Crippen LogP contribution in [-0.2, 0) is 18.9 Å². The number of fused-ring (bicyclic) bond motifs is 2. The molecule has 13 atom stereocenters. The first kappa shape index (κ1) is 39.8. The standard InChI is InChI=1S/C45H77N3O6/c1-28(2)39(54-40(50)46-18-11-19-46)33(51-10)22-30(5)32-23-36(49)43(9)35-13-12-34-41(6,7)37(14-15-44(34)27-45(35,44)17-16-42(32,43)8)53-38-26-47(20-21-52-38)31-24-48(25-31)29(3)4/h28-39,49H,11-27H2,1-10H3/t30-,32-,33?,34+,35?,36+,37+,38+,39-,42-,43-,44-,45?/m1/s1. The van der Waals surface area contributed by atoms with Gasteiger partial charge in [-0.15, -0.1) is 0 Å². The second kappa shape index (κ2) is 14.1. The van der Waals surface area contributed by atoms with Crippen LogP contribution in [0.5, 0.6) is 0 Å². The highest BCUT2D eigenvalue weighted by Gasteiger charge is 2.83. The lowest BCUT2D eigenvalue weighted by molar-refractivity contribution is -0.253. The second-order valence-corrected chi connectivity index (χ2v) is 21.6. The minimum atomic E-state index is -0.292. The molecule has 3 saturated heterocycles. The molecule has 54 heavy (non-hydrogen) atoms. The fraction of sp³-hybridized carbons (Fsp3) is 0.978. The zero-order valence-corrected chi connectivity index (χ0v) is 35.8. The molecule has 3 heterocycles. The Morgan fingerprint density at radius 3 is 2.26 bits per heavy atom. The molecule has 9 heteroatoms. The second-order valence-electron chi connectivity index (χ2n) is 21.6. The summed E-state index contributed by atoms with van der Waals surface area (Å²) in [7, 11) is 1.78. The number of carbonyl (C=O) groups excluding carboxylic acids is 1. The van der Waals surface area contributed by atoms with Crippen LogP contribution in [0.1, 0.15) is 127 Å². The smallest absolute Gasteiger partial charge is 0.410 e. The van der Waals surface area contributed by atoms with Crippen molar-refractivity contribution in [2.24, 2.45) is 56.7 Å². The van der Waals surface area contributed by atoms with Crippen LogP contribution in [0.15, 0.2) is 0 Å². The van der Waals surface area contributed by atoms with Gasteiger partial charge in [0.25, 0.3) is 0 Å². The maximum absolute atomic E-state index is 12.9. The summed E-state index contributed by atoms with van der Waals surface area (Å²) in [5, 5.41) is 12.3. The van der Waals surface area contributed by atoms with Crippen molar-refractivity contribution >= 4 is 6.09 Å². The Kier molecular flexibility index (Phi) is 10.4. The summed E-state index contributed by atoms with van der Waals surface area (Å²) in [5.41, 5.74) is 0.776. The number of methoxy groups -OCH3 is 1. The van der Waals surface area contributed by atoms with Crippen LogP contribution in [0, 0.1) is 56.7 Å². The molecule has 5 aliphatic carbocycles. The van der Waals surface area contributed by atoms with Gasteiger partial charge in [-0.1, -0.05) is 48.5 Å². The number of hydrogen-bond donors (Lipinski definition) is 1. The lowest BCUT2D eigenvalue weighted by atomic mass is 9.41. The Hall–Kier alpha value is -0.970. The van der Waals surface area contributed by atoms with Crippen molar-refractivity contribution in [1.82, 2.24) is 14.7 Å². The summed E-state index contributed by atoms with van der Waals surface area (Å²) >= 11 is 0. The van der Waals surface area contributed by atoms with Crippen molar-refractivity contribution in [3.05, 3.63) is 0 Å². The fourth-order valence-corrected chi connectivity index (χ4v) is 15.1. The first-order chi connectivity index (χ1) is 25.5. The number of hydrogen-bond acceptors (Lipinski definition) is 8. The van der Waals surface area contributed by atoms with E-state index in [9.17, 15) is 9.90 Å². The van der Waals surface area contributed by atoms with Crippen molar-refractivity contribution in [2.45, 2.75) is 169 Å². The van der Waals surface area contributed by atoms with Gasteiger partial charge in [0.15, 0.2) is 6.29 Å². The van der Waals surface area contributed by atoms with Crippen LogP contribution in [-0.4, -0.2) is 122 Å². The average Bonchev–Trinajstić information content (AvgIpc) is 3.68. The molecule has 3 aliphatic heterocycles. The van der Waals surface area contributed by atoms with Gasteiger partial charge in [0.2, 0.25) is 0 Å². The summed E-state index contributed by atoms with van der Waals surface area (Å²) in [4.78, 5) is 19.9. The molecule has 308 valence electrons. The SMILES string of the molecule is COC(C[C@@H](C)[C@H]1C[C@H](O)[C@@]2(C)C3CC[C@H]4C(C)(C)[C@@H](O[C@H]5CN(C6CN(C(C)C)C6)CCO5)CC[C@@]45CC35CC[C@]12C)[C@H](OC(=O)N1CCC1)C(C)C. The third-order valence-electron chi connectivity index (χ3n) is 18.7. The van der Waals surface area contributed by atoms with Gasteiger partial charge in [0, 0.05) is 63.9 Å². The molecule has 0 bridgehead atoms. The number of rotatable bonds is 11. The molecule has 8 fully saturated rings. The third kappa shape index (κ3) is 5.91. The van der Waals surface area contributed by atoms with E-state index in [2.05, 4.69) is 72.1 Å². The van der Waals surface area contributed by atoms with Crippen LogP contribution in [0.4, 0.5) is 4.79 Å². The summed E-state index contributed by atoms with van der Waals surface area (Å²) < 4.78 is 25.6. The number of carbonyl (C=O) groups is 1. The fourth-order valence-electron chi connectivity index (χ4n) is 15.1. The van der Waals surface area contributed by atoms with Crippen LogP contribution < -0.4 is 0 Å². The van der Waals surface area contributed by atoms with E-state index in [0.29, 0.717) is 46.6 Å². The molecule has 8 aliphatic rings. The minimum absolute atomic E-state index is 0.0605. The zero-order valence-electron chi connectivity index (χ0n) is 35.8. The first-order valence-electron chi connectivity index (χ1n) is 22.4. The Morgan fingerprint density at radius 1 is 0.907 bits per heavy atom. The molecule has 9 nitrogen and oxygen atoms in total. The van der Waals surface area contributed by atoms with E-state index in [-0.39, 0.29) is 59.0 Å². The van der Waals surface area contributed by atoms with Gasteiger partial charge in [0.05, 0.1) is 24.9 Å². The molecule has 5 saturated carbocycles. The summed E-state index contributed by atoms with van der Waals surface area (Å²) in [6.45, 7) is 28.0. The van der Waals surface area contributed by atoms with E-state index in [1.54, 1.807) is 12.0 Å². The number of aliphatic hydroxyl groups excluding tert-OH is 1. The maximum Gasteiger partial charge on any atom is 0.410 e. The third-order valence-corrected chi connectivity index (χ3v) is 18.7. The molecule has 1 amide bonds. The molecule has 1 N–H and O–H groups in total. The highest BCUT2D eigenvalue weighted by atomic mass is 16.7. The molecule has 0 aromatic carbocycles. The number of morpholine rings is 1. The van der Waals surface area contributed by atoms with Gasteiger partial charge < -0.3 is 29.0 Å². The molecule has 8 rings (SSSR count). The molecule has 0 aromatic heterocycles. The van der Waals surface area contributed by atoms with Gasteiger partial charge in [-0.05, 0) is 129 Å². The number of aliphatic hydroxyl groups is 1. The highest BCUT2D eigenvalue weighted by molar-refractivity contribution is 5.68. The van der Waals surface area contributed by atoms with Crippen LogP contribution in [0.2, 0.25) is 0 Å². The molecule has 2 spiro atoms. The molecule has 0 radical (unpaired) electrons. The highest BCUT2D eigenvalue weighted by Crippen LogP contribution is 2.89. The molecule has 0 aromatic rings. The van der Waals surface area contributed by atoms with Crippen LogP contribution in [0.25, 0.3) is 0 Å². The molecular formula is C45H77N3O6. The lowest BCUT2D eigenvalue weighted by Crippen LogP contribution is -2.64. The Balaban J connectivity index is 0.941. The minimum Gasteiger partial charge on any atom is -0.443 e. The lowest BCUT2D eigenvalue weighted by Gasteiger charge is -2.64. The van der Waals surface area contributed by atoms with Gasteiger partial charge in [-0.25, -0.2) is 4.79 Å². The summed E-state index contributed by atoms with van der Waals surface area (Å²) in [6.07, 6.45) is 10.6. The van der Waals surface area contributed by atoms with E-state index in [0.717, 1.165) is 58.5 Å². The van der Waals surface area contributed by atoms with Crippen molar-refractivity contribution in [3.63, 3.8) is 0 Å². The number of likely N-dealkylation sites (tertiary alicyclic amines) is 2. The Labute approximate surface area is 327 Å².